The molecule has 0 saturated carbocycles. The van der Waals surface area contributed by atoms with Crippen LogP contribution < -0.4 is 5.32 Å². The van der Waals surface area contributed by atoms with E-state index in [-0.39, 0.29) is 0 Å². The zero-order valence-corrected chi connectivity index (χ0v) is 14.8. The van der Waals surface area contributed by atoms with Crippen LogP contribution in [0.1, 0.15) is 36.1 Å². The van der Waals surface area contributed by atoms with Gasteiger partial charge in [0.1, 0.15) is 0 Å². The summed E-state index contributed by atoms with van der Waals surface area (Å²) >= 11 is 9.62. The first-order valence-electron chi connectivity index (χ1n) is 7.34. The van der Waals surface area contributed by atoms with Gasteiger partial charge in [0.25, 0.3) is 0 Å². The molecule has 2 aromatic rings. The standard InChI is InChI=1S/C18H21BrClN/c1-3-9-21-18(11-14-6-4-5-13(2)10-14)15-7-8-17(20)16(19)12-15/h4-8,10,12,18,21H,3,9,11H2,1-2H3. The second-order valence-corrected chi connectivity index (χ2v) is 6.63. The zero-order valence-electron chi connectivity index (χ0n) is 12.5. The van der Waals surface area contributed by atoms with E-state index < -0.39 is 0 Å². The maximum atomic E-state index is 6.10. The molecule has 0 aromatic heterocycles. The Bertz CT molecular complexity index is 598. The third-order valence-electron chi connectivity index (χ3n) is 3.51. The number of aryl methyl sites for hydroxylation is 1. The molecule has 1 unspecified atom stereocenters. The fraction of sp³-hybridized carbons (Fsp3) is 0.333. The lowest BCUT2D eigenvalue weighted by Crippen LogP contribution is -2.24. The zero-order chi connectivity index (χ0) is 15.2. The average Bonchev–Trinajstić information content (AvgIpc) is 2.46. The lowest BCUT2D eigenvalue weighted by atomic mass is 9.98. The van der Waals surface area contributed by atoms with Crippen LogP contribution >= 0.6 is 27.5 Å². The van der Waals surface area contributed by atoms with Gasteiger partial charge < -0.3 is 5.32 Å². The van der Waals surface area contributed by atoms with E-state index in [0.29, 0.717) is 6.04 Å². The molecule has 21 heavy (non-hydrogen) atoms. The molecule has 0 heterocycles. The summed E-state index contributed by atoms with van der Waals surface area (Å²) in [6.07, 6.45) is 2.11. The topological polar surface area (TPSA) is 12.0 Å². The Balaban J connectivity index is 2.22. The maximum Gasteiger partial charge on any atom is 0.0548 e. The average molecular weight is 367 g/mol. The highest BCUT2D eigenvalue weighted by Crippen LogP contribution is 2.27. The lowest BCUT2D eigenvalue weighted by Gasteiger charge is -2.20. The molecule has 112 valence electrons. The molecule has 2 aromatic carbocycles. The van der Waals surface area contributed by atoms with Crippen LogP contribution in [0.15, 0.2) is 46.9 Å². The molecule has 0 aliphatic rings. The third kappa shape index (κ3) is 4.84. The summed E-state index contributed by atoms with van der Waals surface area (Å²) in [5.74, 6) is 0. The van der Waals surface area contributed by atoms with Crippen molar-refractivity contribution in [2.24, 2.45) is 0 Å². The van der Waals surface area contributed by atoms with E-state index in [1.807, 2.05) is 6.07 Å². The van der Waals surface area contributed by atoms with Crippen molar-refractivity contribution in [3.8, 4) is 0 Å². The fourth-order valence-corrected chi connectivity index (χ4v) is 2.94. The van der Waals surface area contributed by atoms with Gasteiger partial charge in [0, 0.05) is 10.5 Å². The Morgan fingerprint density at radius 2 is 2.00 bits per heavy atom. The predicted molar refractivity (Wildman–Crippen MR) is 95.1 cm³/mol. The molecule has 0 aliphatic carbocycles. The second-order valence-electron chi connectivity index (χ2n) is 5.37. The molecule has 1 atom stereocenters. The van der Waals surface area contributed by atoms with Gasteiger partial charge in [0.15, 0.2) is 0 Å². The smallest absolute Gasteiger partial charge is 0.0548 e. The molecular formula is C18H21BrClN. The SMILES string of the molecule is CCCNC(Cc1cccc(C)c1)c1ccc(Cl)c(Br)c1. The van der Waals surface area contributed by atoms with Crippen LogP contribution in [0.4, 0.5) is 0 Å². The highest BCUT2D eigenvalue weighted by atomic mass is 79.9. The van der Waals surface area contributed by atoms with Crippen molar-refractivity contribution >= 4 is 27.5 Å². The van der Waals surface area contributed by atoms with Gasteiger partial charge >= 0.3 is 0 Å². The predicted octanol–water partition coefficient (Wildman–Crippen LogP) is 5.69. The molecule has 0 radical (unpaired) electrons. The molecule has 0 spiro atoms. The minimum atomic E-state index is 0.306. The lowest BCUT2D eigenvalue weighted by molar-refractivity contribution is 0.529. The van der Waals surface area contributed by atoms with Crippen molar-refractivity contribution in [2.45, 2.75) is 32.7 Å². The van der Waals surface area contributed by atoms with Gasteiger partial charge in [-0.2, -0.15) is 0 Å². The maximum absolute atomic E-state index is 6.10. The molecule has 1 nitrogen and oxygen atoms in total. The molecule has 0 saturated heterocycles. The number of benzene rings is 2. The van der Waals surface area contributed by atoms with Gasteiger partial charge in [0.05, 0.1) is 5.02 Å². The van der Waals surface area contributed by atoms with Gasteiger partial charge in [-0.1, -0.05) is 54.4 Å². The number of halogens is 2. The molecule has 2 rings (SSSR count). The summed E-state index contributed by atoms with van der Waals surface area (Å²) in [5.41, 5.74) is 3.93. The molecule has 0 amide bonds. The minimum absolute atomic E-state index is 0.306. The fourth-order valence-electron chi connectivity index (χ4n) is 2.43. The Labute approximate surface area is 140 Å². The molecular weight excluding hydrogens is 346 g/mol. The molecule has 0 bridgehead atoms. The Hall–Kier alpha value is -0.830. The van der Waals surface area contributed by atoms with E-state index in [9.17, 15) is 0 Å². The summed E-state index contributed by atoms with van der Waals surface area (Å²) in [6, 6.07) is 15.2. The van der Waals surface area contributed by atoms with Crippen molar-refractivity contribution in [1.82, 2.24) is 5.32 Å². The first kappa shape index (κ1) is 16.5. The van der Waals surface area contributed by atoms with Crippen LogP contribution in [0.2, 0.25) is 5.02 Å². The summed E-state index contributed by atoms with van der Waals surface area (Å²) in [6.45, 7) is 5.34. The van der Waals surface area contributed by atoms with Crippen molar-refractivity contribution in [3.05, 3.63) is 68.7 Å². The first-order chi connectivity index (χ1) is 10.1. The molecule has 3 heteroatoms. The Morgan fingerprint density at radius 3 is 2.67 bits per heavy atom. The van der Waals surface area contributed by atoms with Crippen molar-refractivity contribution in [3.63, 3.8) is 0 Å². The summed E-state index contributed by atoms with van der Waals surface area (Å²) in [7, 11) is 0. The molecule has 1 N–H and O–H groups in total. The van der Waals surface area contributed by atoms with E-state index in [1.165, 1.54) is 16.7 Å². The first-order valence-corrected chi connectivity index (χ1v) is 8.51. The Kier molecular flexibility index (Phi) is 6.28. The summed E-state index contributed by atoms with van der Waals surface area (Å²) < 4.78 is 0.953. The van der Waals surface area contributed by atoms with Crippen molar-refractivity contribution in [1.29, 1.82) is 0 Å². The number of nitrogens with one attached hydrogen (secondary N) is 1. The number of hydrogen-bond donors (Lipinski definition) is 1. The quantitative estimate of drug-likeness (QED) is 0.692. The van der Waals surface area contributed by atoms with E-state index in [1.54, 1.807) is 0 Å². The van der Waals surface area contributed by atoms with Crippen LogP contribution in [0.3, 0.4) is 0 Å². The largest absolute Gasteiger partial charge is 0.310 e. The van der Waals surface area contributed by atoms with Crippen LogP contribution in [0.25, 0.3) is 0 Å². The van der Waals surface area contributed by atoms with E-state index in [0.717, 1.165) is 28.9 Å². The van der Waals surface area contributed by atoms with E-state index in [2.05, 4.69) is 71.5 Å². The third-order valence-corrected chi connectivity index (χ3v) is 4.72. The van der Waals surface area contributed by atoms with Gasteiger partial charge in [-0.3, -0.25) is 0 Å². The van der Waals surface area contributed by atoms with Gasteiger partial charge in [-0.15, -0.1) is 0 Å². The van der Waals surface area contributed by atoms with E-state index >= 15 is 0 Å². The van der Waals surface area contributed by atoms with Gasteiger partial charge in [0.2, 0.25) is 0 Å². The van der Waals surface area contributed by atoms with Gasteiger partial charge in [-0.05, 0) is 65.5 Å². The van der Waals surface area contributed by atoms with E-state index in [4.69, 9.17) is 11.6 Å². The van der Waals surface area contributed by atoms with Crippen LogP contribution in [-0.2, 0) is 6.42 Å². The van der Waals surface area contributed by atoms with Crippen LogP contribution in [-0.4, -0.2) is 6.54 Å². The van der Waals surface area contributed by atoms with Crippen molar-refractivity contribution < 1.29 is 0 Å². The second kappa shape index (κ2) is 7.98. The van der Waals surface area contributed by atoms with Crippen molar-refractivity contribution in [2.75, 3.05) is 6.54 Å². The summed E-state index contributed by atoms with van der Waals surface area (Å²) in [5, 5.41) is 4.39. The van der Waals surface area contributed by atoms with Gasteiger partial charge in [-0.25, -0.2) is 0 Å². The summed E-state index contributed by atoms with van der Waals surface area (Å²) in [4.78, 5) is 0. The normalized spacial score (nSPS) is 12.4. The van der Waals surface area contributed by atoms with Crippen LogP contribution in [0.5, 0.6) is 0 Å². The highest BCUT2D eigenvalue weighted by molar-refractivity contribution is 9.10. The number of rotatable bonds is 6. The minimum Gasteiger partial charge on any atom is -0.310 e. The Morgan fingerprint density at radius 1 is 1.19 bits per heavy atom. The van der Waals surface area contributed by atoms with Crippen LogP contribution in [0, 0.1) is 6.92 Å². The monoisotopic (exact) mass is 365 g/mol. The number of hydrogen-bond acceptors (Lipinski definition) is 1. The highest BCUT2D eigenvalue weighted by Gasteiger charge is 2.13. The molecule has 0 fully saturated rings. The molecule has 0 aliphatic heterocycles.